The van der Waals surface area contributed by atoms with Gasteiger partial charge in [0.1, 0.15) is 11.6 Å². The van der Waals surface area contributed by atoms with Crippen molar-refractivity contribution in [3.05, 3.63) is 59.0 Å². The first-order chi connectivity index (χ1) is 13.9. The Morgan fingerprint density at radius 2 is 2.10 bits per heavy atom. The zero-order chi connectivity index (χ0) is 20.7. The normalized spacial score (nSPS) is 13.3. The molecule has 0 fully saturated rings. The first-order valence-corrected chi connectivity index (χ1v) is 9.21. The van der Waals surface area contributed by atoms with Crippen molar-refractivity contribution in [3.8, 4) is 11.8 Å². The highest BCUT2D eigenvalue weighted by atomic mass is 16.5. The number of hydrogen-bond donors (Lipinski definition) is 3. The predicted molar refractivity (Wildman–Crippen MR) is 109 cm³/mol. The number of aryl methyl sites for hydroxylation is 1. The molecular weight excluding hydrogens is 368 g/mol. The van der Waals surface area contributed by atoms with Crippen molar-refractivity contribution in [1.82, 2.24) is 15.0 Å². The molecule has 0 saturated heterocycles. The number of nitriles is 1. The second kappa shape index (κ2) is 6.99. The van der Waals surface area contributed by atoms with Crippen LogP contribution in [0.15, 0.2) is 36.5 Å². The molecule has 146 valence electrons. The molecule has 0 bridgehead atoms. The molecule has 4 rings (SSSR count). The number of fused-ring (bicyclic) bond motifs is 2. The van der Waals surface area contributed by atoms with Crippen LogP contribution in [-0.4, -0.2) is 33.1 Å². The van der Waals surface area contributed by atoms with Gasteiger partial charge in [-0.15, -0.1) is 0 Å². The van der Waals surface area contributed by atoms with Gasteiger partial charge in [-0.1, -0.05) is 6.92 Å². The molecule has 2 aromatic carbocycles. The second-order valence-electron chi connectivity index (χ2n) is 7.15. The number of aliphatic carboxylic acids is 1. The fourth-order valence-corrected chi connectivity index (χ4v) is 3.90. The lowest BCUT2D eigenvalue weighted by molar-refractivity contribution is -0.141. The molecule has 2 aromatic heterocycles. The number of H-pyrrole nitrogens is 2. The lowest BCUT2D eigenvalue weighted by atomic mass is 9.83. The Labute approximate surface area is 167 Å². The summed E-state index contributed by atoms with van der Waals surface area (Å²) in [7, 11) is 1.58. The summed E-state index contributed by atoms with van der Waals surface area (Å²) in [5, 5.41) is 19.9. The fraction of sp³-hybridized carbons (Fsp3) is 0.227. The Hall–Kier alpha value is -3.79. The Kier molecular flexibility index (Phi) is 4.47. The molecule has 0 aliphatic heterocycles. The largest absolute Gasteiger partial charge is 0.496 e. The average Bonchev–Trinajstić information content (AvgIpc) is 3.35. The third-order valence-electron chi connectivity index (χ3n) is 5.39. The van der Waals surface area contributed by atoms with Gasteiger partial charge in [0.15, 0.2) is 0 Å². The van der Waals surface area contributed by atoms with Gasteiger partial charge in [0, 0.05) is 22.7 Å². The second-order valence-corrected chi connectivity index (χ2v) is 7.15. The number of methoxy groups -OCH3 is 1. The lowest BCUT2D eigenvalue weighted by Gasteiger charge is -2.23. The first-order valence-electron chi connectivity index (χ1n) is 9.21. The van der Waals surface area contributed by atoms with E-state index in [1.54, 1.807) is 32.2 Å². The van der Waals surface area contributed by atoms with Crippen LogP contribution >= 0.6 is 0 Å². The van der Waals surface area contributed by atoms with Crippen molar-refractivity contribution in [3.63, 3.8) is 0 Å². The molecule has 0 saturated carbocycles. The van der Waals surface area contributed by atoms with Crippen LogP contribution in [0, 0.1) is 24.2 Å². The topological polar surface area (TPSA) is 115 Å². The minimum Gasteiger partial charge on any atom is -0.496 e. The molecule has 2 heterocycles. The van der Waals surface area contributed by atoms with E-state index in [0.29, 0.717) is 22.7 Å². The van der Waals surface area contributed by atoms with Gasteiger partial charge in [0.05, 0.1) is 41.6 Å². The van der Waals surface area contributed by atoms with Gasteiger partial charge in [-0.05, 0) is 42.8 Å². The molecular formula is C22H20N4O3. The summed E-state index contributed by atoms with van der Waals surface area (Å²) in [5.41, 5.74) is 4.58. The van der Waals surface area contributed by atoms with Crippen molar-refractivity contribution >= 4 is 27.9 Å². The average molecular weight is 388 g/mol. The minimum absolute atomic E-state index is 0.499. The maximum atomic E-state index is 12.0. The monoisotopic (exact) mass is 388 g/mol. The maximum Gasteiger partial charge on any atom is 0.307 e. The number of imidazole rings is 1. The summed E-state index contributed by atoms with van der Waals surface area (Å²) in [6, 6.07) is 11.1. The van der Waals surface area contributed by atoms with Crippen molar-refractivity contribution in [2.45, 2.75) is 19.8 Å². The predicted octanol–water partition coefficient (Wildman–Crippen LogP) is 4.09. The standard InChI is InChI=1S/C22H20N4O3/c1-11-8-17(29-3)19(14-6-7-24-20(11)14)18(12(2)22(27)28)21-25-15-5-4-13(10-23)9-16(15)26-21/h4-9,12,18,24H,1-3H3,(H,25,26)(H,27,28). The SMILES string of the molecule is COc1cc(C)c2[nH]ccc2c1C(c1nc2cc(C#N)ccc2[nH]1)C(C)C(=O)O. The number of carbonyl (C=O) groups is 1. The smallest absolute Gasteiger partial charge is 0.307 e. The molecule has 0 radical (unpaired) electrons. The number of aromatic nitrogens is 3. The molecule has 2 atom stereocenters. The number of ether oxygens (including phenoxy) is 1. The van der Waals surface area contributed by atoms with Crippen molar-refractivity contribution in [1.29, 1.82) is 5.26 Å². The molecule has 3 N–H and O–H groups in total. The summed E-state index contributed by atoms with van der Waals surface area (Å²) in [6.45, 7) is 3.64. The van der Waals surface area contributed by atoms with Crippen LogP contribution in [0.2, 0.25) is 0 Å². The van der Waals surface area contributed by atoms with Crippen LogP contribution in [-0.2, 0) is 4.79 Å². The lowest BCUT2D eigenvalue weighted by Crippen LogP contribution is -2.22. The van der Waals surface area contributed by atoms with Gasteiger partial charge in [-0.3, -0.25) is 4.79 Å². The first kappa shape index (κ1) is 18.6. The van der Waals surface area contributed by atoms with Gasteiger partial charge in [0.2, 0.25) is 0 Å². The molecule has 0 aliphatic carbocycles. The third-order valence-corrected chi connectivity index (χ3v) is 5.39. The molecule has 4 aromatic rings. The highest BCUT2D eigenvalue weighted by Gasteiger charge is 2.33. The van der Waals surface area contributed by atoms with Crippen LogP contribution in [0.1, 0.15) is 35.4 Å². The van der Waals surface area contributed by atoms with Crippen LogP contribution in [0.5, 0.6) is 5.75 Å². The van der Waals surface area contributed by atoms with Gasteiger partial charge in [-0.2, -0.15) is 5.26 Å². The van der Waals surface area contributed by atoms with Crippen LogP contribution in [0.4, 0.5) is 0 Å². The van der Waals surface area contributed by atoms with E-state index in [9.17, 15) is 9.90 Å². The van der Waals surface area contributed by atoms with Gasteiger partial charge in [-0.25, -0.2) is 4.98 Å². The van der Waals surface area contributed by atoms with E-state index in [2.05, 4.69) is 21.0 Å². The van der Waals surface area contributed by atoms with Crippen LogP contribution in [0.3, 0.4) is 0 Å². The zero-order valence-electron chi connectivity index (χ0n) is 16.3. The summed E-state index contributed by atoms with van der Waals surface area (Å²) in [4.78, 5) is 23.1. The third kappa shape index (κ3) is 2.99. The molecule has 0 spiro atoms. The number of carboxylic acids is 1. The summed E-state index contributed by atoms with van der Waals surface area (Å²) in [6.07, 6.45) is 1.83. The molecule has 7 nitrogen and oxygen atoms in total. The van der Waals surface area contributed by atoms with Crippen molar-refractivity contribution in [2.75, 3.05) is 7.11 Å². The molecule has 0 aliphatic rings. The Morgan fingerprint density at radius 1 is 1.31 bits per heavy atom. The highest BCUT2D eigenvalue weighted by Crippen LogP contribution is 2.42. The Bertz CT molecular complexity index is 1280. The minimum atomic E-state index is -0.931. The fourth-order valence-electron chi connectivity index (χ4n) is 3.90. The molecule has 2 unspecified atom stereocenters. The van der Waals surface area contributed by atoms with E-state index in [0.717, 1.165) is 27.5 Å². The summed E-state index contributed by atoms with van der Waals surface area (Å²) >= 11 is 0. The van der Waals surface area contributed by atoms with Gasteiger partial charge >= 0.3 is 5.97 Å². The molecule has 7 heteroatoms. The number of rotatable bonds is 5. The number of carboxylic acid groups (broad SMARTS) is 1. The van der Waals surface area contributed by atoms with E-state index >= 15 is 0 Å². The zero-order valence-corrected chi connectivity index (χ0v) is 16.3. The highest BCUT2D eigenvalue weighted by molar-refractivity contribution is 5.90. The van der Waals surface area contributed by atoms with E-state index in [4.69, 9.17) is 10.00 Å². The molecule has 0 amide bonds. The Morgan fingerprint density at radius 3 is 2.79 bits per heavy atom. The Balaban J connectivity index is 2.01. The number of nitrogens with zero attached hydrogens (tertiary/aromatic N) is 2. The number of hydrogen-bond acceptors (Lipinski definition) is 4. The van der Waals surface area contributed by atoms with Crippen LogP contribution in [0.25, 0.3) is 21.9 Å². The van der Waals surface area contributed by atoms with Crippen molar-refractivity contribution in [2.24, 2.45) is 5.92 Å². The quantitative estimate of drug-likeness (QED) is 0.476. The van der Waals surface area contributed by atoms with Gasteiger partial charge in [0.25, 0.3) is 0 Å². The van der Waals surface area contributed by atoms with E-state index in [1.165, 1.54) is 0 Å². The molecule has 29 heavy (non-hydrogen) atoms. The van der Waals surface area contributed by atoms with Crippen LogP contribution < -0.4 is 4.74 Å². The van der Waals surface area contributed by atoms with E-state index < -0.39 is 17.8 Å². The number of nitrogens with one attached hydrogen (secondary N) is 2. The maximum absolute atomic E-state index is 12.0. The summed E-state index contributed by atoms with van der Waals surface area (Å²) in [5.74, 6) is -1.13. The summed E-state index contributed by atoms with van der Waals surface area (Å²) < 4.78 is 5.66. The number of aromatic amines is 2. The van der Waals surface area contributed by atoms with Crippen molar-refractivity contribution < 1.29 is 14.6 Å². The van der Waals surface area contributed by atoms with E-state index in [1.807, 2.05) is 25.3 Å². The van der Waals surface area contributed by atoms with E-state index in [-0.39, 0.29) is 0 Å². The number of benzene rings is 2. The van der Waals surface area contributed by atoms with Gasteiger partial charge < -0.3 is 19.8 Å².